The first-order valence-electron chi connectivity index (χ1n) is 9.36. The predicted octanol–water partition coefficient (Wildman–Crippen LogP) is 2.52. The third kappa shape index (κ3) is 4.39. The summed E-state index contributed by atoms with van der Waals surface area (Å²) in [6.45, 7) is 9.13. The third-order valence-electron chi connectivity index (χ3n) is 5.41. The molecule has 27 heavy (non-hydrogen) atoms. The summed E-state index contributed by atoms with van der Waals surface area (Å²) >= 11 is 0. The molecule has 3 rings (SSSR count). The molecule has 0 atom stereocenters. The van der Waals surface area contributed by atoms with Crippen molar-refractivity contribution in [3.8, 4) is 5.75 Å². The van der Waals surface area contributed by atoms with Crippen molar-refractivity contribution in [2.45, 2.75) is 26.8 Å². The van der Waals surface area contributed by atoms with Gasteiger partial charge in [0.1, 0.15) is 11.6 Å². The number of methoxy groups -OCH3 is 1. The average molecular weight is 368 g/mol. The van der Waals surface area contributed by atoms with Gasteiger partial charge in [-0.25, -0.2) is 4.98 Å². The summed E-state index contributed by atoms with van der Waals surface area (Å²) < 4.78 is 5.42. The lowest BCUT2D eigenvalue weighted by atomic mass is 10.0. The van der Waals surface area contributed by atoms with E-state index in [4.69, 9.17) is 10.5 Å². The Kier molecular flexibility index (Phi) is 5.96. The van der Waals surface area contributed by atoms with Gasteiger partial charge in [-0.15, -0.1) is 0 Å². The molecule has 1 aliphatic heterocycles. The summed E-state index contributed by atoms with van der Waals surface area (Å²) in [6.07, 6.45) is 2.64. The van der Waals surface area contributed by atoms with Crippen LogP contribution in [0.25, 0.3) is 0 Å². The van der Waals surface area contributed by atoms with Crippen LogP contribution >= 0.6 is 0 Å². The van der Waals surface area contributed by atoms with Crippen molar-refractivity contribution in [1.29, 1.82) is 0 Å². The molecule has 0 aliphatic carbocycles. The van der Waals surface area contributed by atoms with Crippen molar-refractivity contribution in [2.24, 2.45) is 5.73 Å². The van der Waals surface area contributed by atoms with Gasteiger partial charge in [-0.05, 0) is 55.2 Å². The normalized spacial score (nSPS) is 15.4. The monoisotopic (exact) mass is 368 g/mol. The highest BCUT2D eigenvalue weighted by atomic mass is 16.5. The van der Waals surface area contributed by atoms with Crippen LogP contribution < -0.4 is 15.4 Å². The molecule has 2 heterocycles. The molecule has 1 aromatic carbocycles. The summed E-state index contributed by atoms with van der Waals surface area (Å²) in [5.41, 5.74) is 9.61. The number of amides is 1. The van der Waals surface area contributed by atoms with Crippen LogP contribution in [0.3, 0.4) is 0 Å². The number of pyridine rings is 1. The van der Waals surface area contributed by atoms with Crippen molar-refractivity contribution in [3.05, 3.63) is 52.7 Å². The molecule has 1 fully saturated rings. The highest BCUT2D eigenvalue weighted by Gasteiger charge is 2.18. The number of nitrogens with two attached hydrogens (primary N) is 1. The smallest absolute Gasteiger partial charge is 0.250 e. The lowest BCUT2D eigenvalue weighted by Crippen LogP contribution is -2.31. The number of ether oxygens (including phenoxy) is 1. The number of hydrogen-bond acceptors (Lipinski definition) is 5. The maximum Gasteiger partial charge on any atom is 0.250 e. The molecule has 6 nitrogen and oxygen atoms in total. The number of aromatic nitrogens is 1. The molecular formula is C21H28N4O2. The Morgan fingerprint density at radius 1 is 1.11 bits per heavy atom. The van der Waals surface area contributed by atoms with Gasteiger partial charge in [0, 0.05) is 38.9 Å². The maximum absolute atomic E-state index is 11.2. The first-order valence-corrected chi connectivity index (χ1v) is 9.36. The molecule has 0 bridgehead atoms. The minimum Gasteiger partial charge on any atom is -0.496 e. The van der Waals surface area contributed by atoms with Crippen molar-refractivity contribution < 1.29 is 9.53 Å². The Labute approximate surface area is 160 Å². The second-order valence-corrected chi connectivity index (χ2v) is 7.06. The van der Waals surface area contributed by atoms with Crippen LogP contribution in [-0.2, 0) is 6.54 Å². The molecule has 1 aliphatic rings. The lowest BCUT2D eigenvalue weighted by molar-refractivity contribution is 0.1000. The van der Waals surface area contributed by atoms with E-state index in [9.17, 15) is 4.79 Å². The van der Waals surface area contributed by atoms with Gasteiger partial charge >= 0.3 is 0 Å². The fourth-order valence-corrected chi connectivity index (χ4v) is 3.56. The Bertz CT molecular complexity index is 805. The summed E-state index contributed by atoms with van der Waals surface area (Å²) in [5.74, 6) is 1.41. The molecule has 0 radical (unpaired) electrons. The Morgan fingerprint density at radius 3 is 2.59 bits per heavy atom. The summed E-state index contributed by atoms with van der Waals surface area (Å²) in [6, 6.07) is 7.86. The Hall–Kier alpha value is -2.60. The van der Waals surface area contributed by atoms with Crippen molar-refractivity contribution in [1.82, 2.24) is 9.88 Å². The fraction of sp³-hybridized carbons (Fsp3) is 0.429. The van der Waals surface area contributed by atoms with Crippen LogP contribution in [-0.4, -0.2) is 49.1 Å². The van der Waals surface area contributed by atoms with Gasteiger partial charge in [0.25, 0.3) is 0 Å². The second kappa shape index (κ2) is 8.39. The number of carbonyl (C=O) groups excluding carboxylic acids is 1. The van der Waals surface area contributed by atoms with Crippen molar-refractivity contribution in [3.63, 3.8) is 0 Å². The molecule has 1 amide bonds. The summed E-state index contributed by atoms with van der Waals surface area (Å²) in [5, 5.41) is 0. The van der Waals surface area contributed by atoms with Crippen LogP contribution in [0.15, 0.2) is 30.5 Å². The van der Waals surface area contributed by atoms with E-state index in [1.807, 2.05) is 6.07 Å². The van der Waals surface area contributed by atoms with Crippen LogP contribution in [0.4, 0.5) is 5.82 Å². The first-order chi connectivity index (χ1) is 13.0. The molecule has 6 heteroatoms. The third-order valence-corrected chi connectivity index (χ3v) is 5.41. The van der Waals surface area contributed by atoms with Gasteiger partial charge in [-0.1, -0.05) is 6.07 Å². The molecule has 2 aromatic rings. The molecular weight excluding hydrogens is 340 g/mol. The molecule has 1 aromatic heterocycles. The number of nitrogens with zero attached hydrogens (tertiary/aromatic N) is 3. The number of benzene rings is 1. The van der Waals surface area contributed by atoms with E-state index in [1.54, 1.807) is 19.4 Å². The molecule has 2 N–H and O–H groups in total. The lowest BCUT2D eigenvalue weighted by Gasteiger charge is -2.24. The quantitative estimate of drug-likeness (QED) is 0.878. The minimum atomic E-state index is -0.443. The maximum atomic E-state index is 11.2. The number of primary amides is 1. The minimum absolute atomic E-state index is 0.443. The van der Waals surface area contributed by atoms with Crippen LogP contribution in [0, 0.1) is 13.8 Å². The average Bonchev–Trinajstić information content (AvgIpc) is 2.91. The zero-order valence-corrected chi connectivity index (χ0v) is 16.4. The van der Waals surface area contributed by atoms with Crippen LogP contribution in [0.2, 0.25) is 0 Å². The highest BCUT2D eigenvalue weighted by molar-refractivity contribution is 5.92. The largest absolute Gasteiger partial charge is 0.496 e. The van der Waals surface area contributed by atoms with Gasteiger partial charge < -0.3 is 15.4 Å². The fourth-order valence-electron chi connectivity index (χ4n) is 3.56. The van der Waals surface area contributed by atoms with E-state index in [0.717, 1.165) is 50.7 Å². The number of anilines is 1. The van der Waals surface area contributed by atoms with Gasteiger partial charge in [0.15, 0.2) is 0 Å². The van der Waals surface area contributed by atoms with E-state index >= 15 is 0 Å². The van der Waals surface area contributed by atoms with Crippen molar-refractivity contribution >= 4 is 11.7 Å². The van der Waals surface area contributed by atoms with E-state index < -0.39 is 5.91 Å². The first kappa shape index (κ1) is 19.2. The number of hydrogen-bond donors (Lipinski definition) is 1. The summed E-state index contributed by atoms with van der Waals surface area (Å²) in [4.78, 5) is 20.4. The molecule has 144 valence electrons. The molecule has 0 spiro atoms. The van der Waals surface area contributed by atoms with Gasteiger partial charge in [-0.3, -0.25) is 9.69 Å². The van der Waals surface area contributed by atoms with E-state index in [-0.39, 0.29) is 0 Å². The SMILES string of the molecule is COc1ccc(CN2CCCN(c3ccc(C(N)=O)cn3)CC2)c(C)c1C. The number of carbonyl (C=O) groups is 1. The predicted molar refractivity (Wildman–Crippen MR) is 107 cm³/mol. The standard InChI is InChI=1S/C21H28N4O2/c1-15-16(2)19(27-3)7-5-18(15)14-24-9-4-10-25(12-11-24)20-8-6-17(13-23-20)21(22)26/h5-8,13H,4,9-12,14H2,1-3H3,(H2,22,26). The van der Waals surface area contributed by atoms with E-state index in [0.29, 0.717) is 5.56 Å². The molecule has 0 saturated carbocycles. The van der Waals surface area contributed by atoms with E-state index in [2.05, 4.69) is 40.8 Å². The molecule has 1 saturated heterocycles. The Morgan fingerprint density at radius 2 is 1.93 bits per heavy atom. The van der Waals surface area contributed by atoms with Crippen LogP contribution in [0.5, 0.6) is 5.75 Å². The summed E-state index contributed by atoms with van der Waals surface area (Å²) in [7, 11) is 1.72. The highest BCUT2D eigenvalue weighted by Crippen LogP contribution is 2.25. The van der Waals surface area contributed by atoms with Gasteiger partial charge in [0.05, 0.1) is 12.7 Å². The van der Waals surface area contributed by atoms with Crippen molar-refractivity contribution in [2.75, 3.05) is 38.2 Å². The Balaban J connectivity index is 1.65. The number of rotatable bonds is 5. The second-order valence-electron chi connectivity index (χ2n) is 7.06. The van der Waals surface area contributed by atoms with Gasteiger partial charge in [-0.2, -0.15) is 0 Å². The zero-order chi connectivity index (χ0) is 19.4. The van der Waals surface area contributed by atoms with Crippen LogP contribution in [0.1, 0.15) is 33.5 Å². The topological polar surface area (TPSA) is 71.7 Å². The van der Waals surface area contributed by atoms with Gasteiger partial charge in [0.2, 0.25) is 5.91 Å². The van der Waals surface area contributed by atoms with E-state index in [1.165, 1.54) is 16.7 Å². The zero-order valence-electron chi connectivity index (χ0n) is 16.4. The molecule has 0 unspecified atom stereocenters.